The number of hydrogen-bond donors (Lipinski definition) is 3. The maximum absolute atomic E-state index is 13.5. The molecule has 1 aliphatic rings. The van der Waals surface area contributed by atoms with Crippen LogP contribution in [0.1, 0.15) is 32.1 Å². The molecule has 12 nitrogen and oxygen atoms in total. The van der Waals surface area contributed by atoms with Crippen LogP contribution in [0.5, 0.6) is 0 Å². The van der Waals surface area contributed by atoms with Gasteiger partial charge in [-0.3, -0.25) is 14.4 Å². The van der Waals surface area contributed by atoms with E-state index in [-0.39, 0.29) is 43.4 Å². The molecule has 0 radical (unpaired) electrons. The van der Waals surface area contributed by atoms with Crippen molar-refractivity contribution >= 4 is 84.0 Å². The Balaban J connectivity index is 1.43. The average Bonchev–Trinajstić information content (AvgIpc) is 3.47. The van der Waals surface area contributed by atoms with E-state index in [1.165, 1.54) is 35.0 Å². The van der Waals surface area contributed by atoms with Crippen LogP contribution in [0.25, 0.3) is 0 Å². The smallest absolute Gasteiger partial charge is 0.468 e. The zero-order valence-electron chi connectivity index (χ0n) is 29.8. The van der Waals surface area contributed by atoms with E-state index < -0.39 is 52.9 Å². The van der Waals surface area contributed by atoms with E-state index in [1.54, 1.807) is 0 Å². The van der Waals surface area contributed by atoms with E-state index >= 15 is 0 Å². The van der Waals surface area contributed by atoms with Gasteiger partial charge in [-0.05, 0) is 6.42 Å². The van der Waals surface area contributed by atoms with Crippen molar-refractivity contribution in [2.24, 2.45) is 5.73 Å². The molecule has 4 amide bonds. The zero-order chi connectivity index (χ0) is 38.5. The van der Waals surface area contributed by atoms with Crippen molar-refractivity contribution in [2.45, 2.75) is 49.4 Å². The number of unbranched alkanes of at least 4 members (excludes halogenated alkanes) is 1. The molecular formula is C38H46BrN4O8PS. The monoisotopic (exact) mass is 828 g/mol. The molecule has 1 heterocycles. The van der Waals surface area contributed by atoms with Crippen LogP contribution >= 0.6 is 32.6 Å². The Bertz CT molecular complexity index is 1660. The van der Waals surface area contributed by atoms with E-state index in [4.69, 9.17) is 5.73 Å². The number of nitrogens with two attached hydrogens (primary N) is 1. The minimum absolute atomic E-state index is 0.0202. The molecule has 0 aromatic heterocycles. The Kier molecular flexibility index (Phi) is 15.2. The number of rotatable bonds is 19. The second-order valence-electron chi connectivity index (χ2n) is 12.6. The van der Waals surface area contributed by atoms with E-state index in [0.29, 0.717) is 12.8 Å². The number of esters is 2. The molecule has 1 saturated heterocycles. The van der Waals surface area contributed by atoms with Gasteiger partial charge in [0.2, 0.25) is 0 Å². The first-order valence-electron chi connectivity index (χ1n) is 17.3. The molecule has 1 fully saturated rings. The number of carbonyl (C=O) groups excluding carboxylic acids is 6. The summed E-state index contributed by atoms with van der Waals surface area (Å²) in [6.45, 7) is -0.182. The first-order chi connectivity index (χ1) is 25.4. The van der Waals surface area contributed by atoms with E-state index in [9.17, 15) is 28.8 Å². The summed E-state index contributed by atoms with van der Waals surface area (Å²) >= 11 is 5.52. The van der Waals surface area contributed by atoms with Crippen molar-refractivity contribution < 1.29 is 38.2 Å². The number of halogens is 1. The minimum Gasteiger partial charge on any atom is -0.468 e. The van der Waals surface area contributed by atoms with Crippen LogP contribution in [0.15, 0.2) is 91.0 Å². The maximum atomic E-state index is 13.5. The first-order valence-corrected chi connectivity index (χ1v) is 22.7. The summed E-state index contributed by atoms with van der Waals surface area (Å²) < 4.78 is 9.16. The van der Waals surface area contributed by atoms with Crippen molar-refractivity contribution in [1.82, 2.24) is 15.5 Å². The van der Waals surface area contributed by atoms with Gasteiger partial charge in [-0.15, -0.1) is 0 Å². The molecule has 3 aromatic rings. The minimum atomic E-state index is -3.17. The van der Waals surface area contributed by atoms with Crippen LogP contribution in [0.3, 0.4) is 0 Å². The van der Waals surface area contributed by atoms with Gasteiger partial charge in [-0.25, -0.2) is 0 Å². The predicted molar refractivity (Wildman–Crippen MR) is 212 cm³/mol. The molecule has 0 saturated carbocycles. The van der Waals surface area contributed by atoms with Crippen LogP contribution in [-0.4, -0.2) is 97.0 Å². The fourth-order valence-electron chi connectivity index (χ4n) is 6.32. The molecule has 3 unspecified atom stereocenters. The van der Waals surface area contributed by atoms with Gasteiger partial charge in [-0.2, -0.15) is 0 Å². The van der Waals surface area contributed by atoms with E-state index in [0.717, 1.165) is 17.9 Å². The van der Waals surface area contributed by atoms with Crippen molar-refractivity contribution in [1.29, 1.82) is 0 Å². The molecule has 0 spiro atoms. The number of carbonyl (C=O) groups is 6. The Morgan fingerprint density at radius 2 is 1.43 bits per heavy atom. The molecule has 284 valence electrons. The third kappa shape index (κ3) is 10.1. The van der Waals surface area contributed by atoms with Gasteiger partial charge in [0.05, 0.1) is 14.2 Å². The molecule has 4 rings (SSSR count). The summed E-state index contributed by atoms with van der Waals surface area (Å²) in [6.07, 6.45) is 1.81. The fourth-order valence-corrected chi connectivity index (χ4v) is 15.3. The predicted octanol–water partition coefficient (Wildman–Crippen LogP) is 2.52. The Morgan fingerprint density at radius 1 is 0.887 bits per heavy atom. The summed E-state index contributed by atoms with van der Waals surface area (Å²) in [7, 11) is 2.36. The van der Waals surface area contributed by atoms with Crippen LogP contribution in [0.2, 0.25) is 0 Å². The Morgan fingerprint density at radius 3 is 1.94 bits per heavy atom. The molecule has 0 aliphatic carbocycles. The second-order valence-corrected chi connectivity index (χ2v) is 22.9. The van der Waals surface area contributed by atoms with Crippen molar-refractivity contribution in [3.05, 3.63) is 91.0 Å². The van der Waals surface area contributed by atoms with Gasteiger partial charge >= 0.3 is 254 Å². The van der Waals surface area contributed by atoms with Crippen molar-refractivity contribution in [3.8, 4) is 0 Å². The molecule has 1 aliphatic heterocycles. The van der Waals surface area contributed by atoms with Gasteiger partial charge in [0, 0.05) is 6.42 Å². The SMILES string of the molecule is COC(=O)CNC(=O)C(CSC1CC(=O)N(CCCCP(Br)(c2ccccc2)(c2ccccc2)c2ccccc2)C1=O)NC(=O)CCC(N)C(=O)OC. The molecular weight excluding hydrogens is 783 g/mol. The number of hydrogen-bond acceptors (Lipinski definition) is 10. The third-order valence-corrected chi connectivity index (χ3v) is 20.6. The van der Waals surface area contributed by atoms with Gasteiger partial charge in [0.25, 0.3) is 0 Å². The number of nitrogens with zero attached hydrogens (tertiary/aromatic N) is 1. The normalized spacial score (nSPS) is 16.2. The van der Waals surface area contributed by atoms with Crippen LogP contribution < -0.4 is 32.3 Å². The summed E-state index contributed by atoms with van der Waals surface area (Å²) in [5.41, 5.74) is 5.73. The van der Waals surface area contributed by atoms with Crippen molar-refractivity contribution in [2.75, 3.05) is 39.2 Å². The number of benzene rings is 3. The van der Waals surface area contributed by atoms with Crippen molar-refractivity contribution in [3.63, 3.8) is 0 Å². The number of likely N-dealkylation sites (tertiary alicyclic amines) is 1. The average molecular weight is 830 g/mol. The number of ether oxygens (including phenoxy) is 2. The molecule has 3 atom stereocenters. The Hall–Kier alpha value is -4.10. The standard InChI is InChI=1S/C38H46BrN4O8PS/c1-50-35(46)25-41-36(47)31(42-33(44)21-20-30(40)38(49)51-2)26-53-32-24-34(45)43(37(32)48)22-12-13-23-52(39,27-14-6-3-7-15-27,28-16-8-4-9-17-28)29-18-10-5-11-19-29/h3-11,14-19,30-32H,12-13,20-26,40H2,1-2H3,(H,41,47)(H,42,44). The fraction of sp³-hybridized carbons (Fsp3) is 0.368. The quantitative estimate of drug-likeness (QED) is 0.0706. The van der Waals surface area contributed by atoms with Gasteiger partial charge < -0.3 is 15.2 Å². The number of amides is 4. The summed E-state index contributed by atoms with van der Waals surface area (Å²) in [5, 5.41) is 4.64. The number of imide groups is 1. The van der Waals surface area contributed by atoms with Gasteiger partial charge in [-0.1, -0.05) is 0 Å². The molecule has 15 heteroatoms. The van der Waals surface area contributed by atoms with Gasteiger partial charge in [0.15, 0.2) is 0 Å². The number of thioether (sulfide) groups is 1. The van der Waals surface area contributed by atoms with Crippen LogP contribution in [0.4, 0.5) is 0 Å². The molecule has 3 aromatic carbocycles. The number of methoxy groups -OCH3 is 2. The van der Waals surface area contributed by atoms with Crippen LogP contribution in [0, 0.1) is 0 Å². The van der Waals surface area contributed by atoms with Crippen LogP contribution in [-0.2, 0) is 38.2 Å². The third-order valence-electron chi connectivity index (χ3n) is 9.23. The van der Waals surface area contributed by atoms with E-state index in [2.05, 4.69) is 72.0 Å². The first kappa shape index (κ1) is 41.7. The summed E-state index contributed by atoms with van der Waals surface area (Å²) in [4.78, 5) is 76.9. The van der Waals surface area contributed by atoms with Gasteiger partial charge in [0.1, 0.15) is 12.6 Å². The Labute approximate surface area is 322 Å². The molecule has 4 N–H and O–H groups in total. The molecule has 53 heavy (non-hydrogen) atoms. The number of nitrogens with one attached hydrogen (secondary N) is 2. The summed E-state index contributed by atoms with van der Waals surface area (Å²) in [6, 6.07) is 29.0. The summed E-state index contributed by atoms with van der Waals surface area (Å²) in [5.74, 6) is -3.30. The topological polar surface area (TPSA) is 174 Å². The van der Waals surface area contributed by atoms with E-state index in [1.807, 2.05) is 54.6 Å². The second kappa shape index (κ2) is 19.3. The zero-order valence-corrected chi connectivity index (χ0v) is 33.1. The molecule has 0 bridgehead atoms.